The summed E-state index contributed by atoms with van der Waals surface area (Å²) < 4.78 is 60.2. The Bertz CT molecular complexity index is 1120. The van der Waals surface area contributed by atoms with Crippen molar-refractivity contribution in [2.45, 2.75) is 31.7 Å². The summed E-state index contributed by atoms with van der Waals surface area (Å²) in [5.74, 6) is 0. The van der Waals surface area contributed by atoms with E-state index in [1.807, 2.05) is 0 Å². The van der Waals surface area contributed by atoms with Gasteiger partial charge in [0.15, 0.2) is 13.7 Å². The zero-order chi connectivity index (χ0) is 23.4. The number of alkyl halides is 3. The number of hydrogen-bond acceptors (Lipinski definition) is 3. The van der Waals surface area contributed by atoms with Gasteiger partial charge in [-0.05, 0) is 33.7 Å². The highest BCUT2D eigenvalue weighted by Gasteiger charge is 2.36. The molecule has 0 aliphatic carbocycles. The van der Waals surface area contributed by atoms with Crippen molar-refractivity contribution in [1.29, 1.82) is 0 Å². The fraction of sp³-hybridized carbons (Fsp3) is 0.217. The van der Waals surface area contributed by atoms with E-state index in [-0.39, 0.29) is 5.41 Å². The molecule has 31 heavy (non-hydrogen) atoms. The number of benzene rings is 3. The highest BCUT2D eigenvalue weighted by molar-refractivity contribution is 7.86. The lowest BCUT2D eigenvalue weighted by Gasteiger charge is -2.25. The predicted octanol–water partition coefficient (Wildman–Crippen LogP) is 2.82. The molecule has 166 valence electrons. The monoisotopic (exact) mass is 562 g/mol. The Balaban J connectivity index is 0.000000366. The van der Waals surface area contributed by atoms with E-state index in [1.54, 1.807) is 0 Å². The summed E-state index contributed by atoms with van der Waals surface area (Å²) in [7, 11) is -6.09. The molecule has 3 aromatic rings. The van der Waals surface area contributed by atoms with Crippen LogP contribution in [-0.2, 0) is 15.5 Å². The van der Waals surface area contributed by atoms with Crippen molar-refractivity contribution in [3.63, 3.8) is 0 Å². The molecule has 0 unspecified atom stereocenters. The smallest absolute Gasteiger partial charge is 0.485 e. The van der Waals surface area contributed by atoms with Crippen molar-refractivity contribution in [3.8, 4) is 22.3 Å². The van der Waals surface area contributed by atoms with Gasteiger partial charge in [-0.3, -0.25) is 0 Å². The third-order valence-corrected chi connectivity index (χ3v) is 5.92. The molecule has 0 spiro atoms. The first-order valence-corrected chi connectivity index (χ1v) is 11.8. The van der Waals surface area contributed by atoms with Gasteiger partial charge >= 0.3 is 5.51 Å². The van der Waals surface area contributed by atoms with Gasteiger partial charge in [-0.2, -0.15) is 13.2 Å². The number of rotatable bonds is 2. The molecular weight excluding hydrogens is 540 g/mol. The van der Waals surface area contributed by atoms with Crippen LogP contribution in [0.15, 0.2) is 72.8 Å². The molecule has 0 saturated heterocycles. The Hall–Kier alpha value is -1.91. The average molecular weight is 562 g/mol. The lowest BCUT2D eigenvalue weighted by molar-refractivity contribution is -0.326. The molecular formula is C23H22F3IO3S. The zero-order valence-electron chi connectivity index (χ0n) is 17.1. The van der Waals surface area contributed by atoms with Crippen LogP contribution in [0.5, 0.6) is 0 Å². The topological polar surface area (TPSA) is 57.2 Å². The zero-order valence-corrected chi connectivity index (χ0v) is 20.3. The van der Waals surface area contributed by atoms with Crippen LogP contribution in [-0.4, -0.2) is 18.5 Å². The Labute approximate surface area is 194 Å². The standard InChI is InChI=1S/C22H22I.CHF3O3S/c1-22(2,3)18-14-15-19(23)21(17-12-8-5-9-13-17)20(18)16-10-6-4-7-11-16;2-1(3,4)8(5,6)7/h4-15,23H,1-3H3;(H,5,6,7)/q+1;/p-1. The van der Waals surface area contributed by atoms with Gasteiger partial charge in [0.2, 0.25) is 0 Å². The number of halogens is 4. The molecule has 0 amide bonds. The first-order valence-electron chi connectivity index (χ1n) is 9.21. The molecule has 3 aromatic carbocycles. The van der Waals surface area contributed by atoms with Crippen molar-refractivity contribution in [2.75, 3.05) is 0 Å². The minimum absolute atomic E-state index is 0.101. The third-order valence-electron chi connectivity index (χ3n) is 4.38. The van der Waals surface area contributed by atoms with Crippen molar-refractivity contribution in [3.05, 3.63) is 81.9 Å². The summed E-state index contributed by atoms with van der Waals surface area (Å²) in [4.78, 5) is 0. The molecule has 8 heteroatoms. The van der Waals surface area contributed by atoms with Crippen LogP contribution < -0.4 is 22.6 Å². The third kappa shape index (κ3) is 6.54. The first kappa shape index (κ1) is 25.4. The summed E-state index contributed by atoms with van der Waals surface area (Å²) in [6.45, 7) is 6.87. The maximum atomic E-state index is 10.7. The molecule has 0 radical (unpaired) electrons. The van der Waals surface area contributed by atoms with Crippen LogP contribution in [0.1, 0.15) is 26.3 Å². The van der Waals surface area contributed by atoms with E-state index in [1.165, 1.54) is 31.4 Å². The van der Waals surface area contributed by atoms with E-state index in [4.69, 9.17) is 13.0 Å². The van der Waals surface area contributed by atoms with Crippen molar-refractivity contribution in [2.24, 2.45) is 0 Å². The summed E-state index contributed by atoms with van der Waals surface area (Å²) in [5, 5.41) is 0. The van der Waals surface area contributed by atoms with Crippen LogP contribution in [0.3, 0.4) is 0 Å². The second-order valence-corrected chi connectivity index (χ2v) is 10.4. The van der Waals surface area contributed by atoms with Crippen LogP contribution in [0.25, 0.3) is 22.3 Å². The van der Waals surface area contributed by atoms with Crippen LogP contribution in [0, 0.1) is 3.57 Å². The molecule has 0 N–H and O–H groups in total. The second-order valence-electron chi connectivity index (χ2n) is 7.74. The lowest BCUT2D eigenvalue weighted by atomic mass is 9.79. The van der Waals surface area contributed by atoms with E-state index in [2.05, 4.69) is 116 Å². The van der Waals surface area contributed by atoms with Crippen LogP contribution >= 0.6 is 0 Å². The minimum Gasteiger partial charge on any atom is -0.741 e. The van der Waals surface area contributed by atoms with Gasteiger partial charge in [0, 0.05) is 5.56 Å². The SMILES string of the molecule is CC(C)(C)c1ccc([IH+])c(-c2ccccc2)c1-c1ccccc1.O=S(=O)([O-])C(F)(F)F. The Morgan fingerprint density at radius 3 is 1.48 bits per heavy atom. The van der Waals surface area contributed by atoms with Crippen molar-refractivity contribution < 1.29 is 48.7 Å². The largest absolute Gasteiger partial charge is 0.741 e. The molecule has 0 aliphatic heterocycles. The molecule has 0 aliphatic rings. The van der Waals surface area contributed by atoms with E-state index < -0.39 is 15.6 Å². The van der Waals surface area contributed by atoms with E-state index in [0.717, 1.165) is 0 Å². The maximum Gasteiger partial charge on any atom is 0.485 e. The summed E-state index contributed by atoms with van der Waals surface area (Å²) >= 11 is 2.13. The highest BCUT2D eigenvalue weighted by Crippen LogP contribution is 2.40. The molecule has 0 aromatic heterocycles. The van der Waals surface area contributed by atoms with Gasteiger partial charge in [-0.1, -0.05) is 87.5 Å². The molecule has 0 fully saturated rings. The first-order chi connectivity index (χ1) is 14.2. The Kier molecular flexibility index (Phi) is 7.94. The predicted molar refractivity (Wildman–Crippen MR) is 112 cm³/mol. The van der Waals surface area contributed by atoms with E-state index in [9.17, 15) is 13.2 Å². The minimum atomic E-state index is -6.09. The van der Waals surface area contributed by atoms with E-state index >= 15 is 0 Å². The van der Waals surface area contributed by atoms with Crippen molar-refractivity contribution in [1.82, 2.24) is 0 Å². The average Bonchev–Trinajstić information content (AvgIpc) is 2.67. The highest BCUT2D eigenvalue weighted by atomic mass is 127. The molecule has 0 heterocycles. The summed E-state index contributed by atoms with van der Waals surface area (Å²) in [6.07, 6.45) is 0. The van der Waals surface area contributed by atoms with Crippen molar-refractivity contribution >= 4 is 10.1 Å². The molecule has 3 nitrogen and oxygen atoms in total. The molecule has 3 rings (SSSR count). The molecule has 0 bridgehead atoms. The fourth-order valence-corrected chi connectivity index (χ4v) is 3.83. The fourth-order valence-electron chi connectivity index (χ4n) is 3.00. The quantitative estimate of drug-likeness (QED) is 0.275. The van der Waals surface area contributed by atoms with Gasteiger partial charge in [-0.15, -0.1) is 0 Å². The Morgan fingerprint density at radius 2 is 1.13 bits per heavy atom. The summed E-state index contributed by atoms with van der Waals surface area (Å²) in [5.41, 5.74) is 1.16. The van der Waals surface area contributed by atoms with Gasteiger partial charge < -0.3 is 4.55 Å². The molecule has 0 atom stereocenters. The van der Waals surface area contributed by atoms with Crippen LogP contribution in [0.4, 0.5) is 13.2 Å². The van der Waals surface area contributed by atoms with Crippen LogP contribution in [0.2, 0.25) is 0 Å². The molecule has 0 saturated carbocycles. The van der Waals surface area contributed by atoms with E-state index in [0.29, 0.717) is 0 Å². The maximum absolute atomic E-state index is 10.7. The van der Waals surface area contributed by atoms with Gasteiger partial charge in [0.1, 0.15) is 0 Å². The van der Waals surface area contributed by atoms with Gasteiger partial charge in [0.05, 0.1) is 0 Å². The number of hydrogen-bond donors (Lipinski definition) is 0. The lowest BCUT2D eigenvalue weighted by Crippen LogP contribution is -3.34. The second kappa shape index (κ2) is 9.70. The van der Waals surface area contributed by atoms with Gasteiger partial charge in [-0.25, -0.2) is 8.42 Å². The van der Waals surface area contributed by atoms with Gasteiger partial charge in [0.25, 0.3) is 22.6 Å². The Morgan fingerprint density at radius 1 is 0.742 bits per heavy atom. The normalized spacial score (nSPS) is 12.1. The summed E-state index contributed by atoms with van der Waals surface area (Å²) in [6, 6.07) is 26.1.